The third-order valence-electron chi connectivity index (χ3n) is 4.38. The van der Waals surface area contributed by atoms with E-state index < -0.39 is 23.8 Å². The summed E-state index contributed by atoms with van der Waals surface area (Å²) in [5, 5.41) is 29.8. The van der Waals surface area contributed by atoms with E-state index in [4.69, 9.17) is 0 Å². The van der Waals surface area contributed by atoms with Gasteiger partial charge >= 0.3 is 35.5 Å². The van der Waals surface area contributed by atoms with Crippen LogP contribution >= 0.6 is 0 Å². The number of rotatable bonds is 14. The molecule has 0 saturated heterocycles. The van der Waals surface area contributed by atoms with Gasteiger partial charge in [-0.05, 0) is 13.3 Å². The SMILES string of the molecule is CCCC/C=C/CC[N+](CCO)(CC(C)C(=O)[O-])CC(C)C(=O)O.[Na+]. The average molecular weight is 366 g/mol. The number of carbonyl (C=O) groups excluding carboxylic acids is 1. The molecule has 2 N–H and O–H groups in total. The molecule has 6 nitrogen and oxygen atoms in total. The van der Waals surface area contributed by atoms with Crippen LogP contribution in [0.3, 0.4) is 0 Å². The third-order valence-corrected chi connectivity index (χ3v) is 4.38. The first-order valence-corrected chi connectivity index (χ1v) is 8.82. The van der Waals surface area contributed by atoms with Crippen LogP contribution in [0.2, 0.25) is 0 Å². The van der Waals surface area contributed by atoms with Crippen molar-refractivity contribution in [2.75, 3.05) is 32.8 Å². The monoisotopic (exact) mass is 366 g/mol. The first-order chi connectivity index (χ1) is 11.3. The number of aliphatic hydroxyl groups excluding tert-OH is 1. The van der Waals surface area contributed by atoms with E-state index in [2.05, 4.69) is 19.1 Å². The van der Waals surface area contributed by atoms with Crippen molar-refractivity contribution in [3.63, 3.8) is 0 Å². The number of carboxylic acids is 2. The van der Waals surface area contributed by atoms with Crippen LogP contribution in [0.15, 0.2) is 12.2 Å². The van der Waals surface area contributed by atoms with Gasteiger partial charge in [-0.3, -0.25) is 4.79 Å². The quantitative estimate of drug-likeness (QED) is 0.161. The smallest absolute Gasteiger partial charge is 0.550 e. The van der Waals surface area contributed by atoms with Gasteiger partial charge in [0, 0.05) is 18.3 Å². The molecule has 0 rings (SSSR count). The number of carbonyl (C=O) groups is 2. The maximum Gasteiger partial charge on any atom is 1.00 e. The number of aliphatic hydroxyl groups is 1. The van der Waals surface area contributed by atoms with E-state index in [0.717, 1.165) is 25.7 Å². The van der Waals surface area contributed by atoms with Crippen LogP contribution < -0.4 is 34.7 Å². The van der Waals surface area contributed by atoms with Crippen molar-refractivity contribution in [1.82, 2.24) is 0 Å². The fraction of sp³-hybridized carbons (Fsp3) is 0.778. The van der Waals surface area contributed by atoms with E-state index in [-0.39, 0.29) is 47.2 Å². The number of aliphatic carboxylic acids is 2. The first-order valence-electron chi connectivity index (χ1n) is 8.82. The van der Waals surface area contributed by atoms with Gasteiger partial charge in [0.25, 0.3) is 0 Å². The fourth-order valence-electron chi connectivity index (χ4n) is 2.98. The van der Waals surface area contributed by atoms with Crippen molar-refractivity contribution in [2.24, 2.45) is 11.8 Å². The third kappa shape index (κ3) is 11.8. The van der Waals surface area contributed by atoms with Crippen molar-refractivity contribution >= 4 is 11.9 Å². The summed E-state index contributed by atoms with van der Waals surface area (Å²) in [6.45, 7) is 6.74. The second kappa shape index (κ2) is 14.7. The second-order valence-electron chi connectivity index (χ2n) is 6.74. The minimum Gasteiger partial charge on any atom is -0.550 e. The molecule has 0 spiro atoms. The van der Waals surface area contributed by atoms with Crippen LogP contribution in [0.4, 0.5) is 0 Å². The molecule has 3 unspecified atom stereocenters. The van der Waals surface area contributed by atoms with Crippen LogP contribution in [0.5, 0.6) is 0 Å². The Bertz CT molecular complexity index is 392. The van der Waals surface area contributed by atoms with Gasteiger partial charge in [0.05, 0.1) is 26.2 Å². The van der Waals surface area contributed by atoms with Gasteiger partial charge in [0.1, 0.15) is 12.5 Å². The molecule has 0 aromatic carbocycles. The number of quaternary nitrogens is 1. The summed E-state index contributed by atoms with van der Waals surface area (Å²) in [6, 6.07) is 0. The predicted octanol–water partition coefficient (Wildman–Crippen LogP) is -1.96. The largest absolute Gasteiger partial charge is 1.00 e. The summed E-state index contributed by atoms with van der Waals surface area (Å²) in [7, 11) is 0. The van der Waals surface area contributed by atoms with E-state index >= 15 is 0 Å². The van der Waals surface area contributed by atoms with Crippen molar-refractivity contribution in [3.05, 3.63) is 12.2 Å². The van der Waals surface area contributed by atoms with Crippen molar-refractivity contribution in [2.45, 2.75) is 46.5 Å². The number of allylic oxidation sites excluding steroid dienone is 1. The molecule has 7 heteroatoms. The maximum absolute atomic E-state index is 11.2. The zero-order valence-corrected chi connectivity index (χ0v) is 18.2. The Morgan fingerprint density at radius 1 is 1.08 bits per heavy atom. The molecule has 0 aliphatic carbocycles. The van der Waals surface area contributed by atoms with Gasteiger partial charge < -0.3 is 24.6 Å². The van der Waals surface area contributed by atoms with Gasteiger partial charge in [0.2, 0.25) is 0 Å². The standard InChI is InChI=1S/C18H33NO5.Na/c1-4-5-6-7-8-9-10-19(11-12-20,13-15(2)17(21)22)14-16(3)18(23)24;/h7-8,15-16,20H,4-6,9-14H2,1-3H3,(H-,21,22,23,24);/q;+1/b8-7+;. The van der Waals surface area contributed by atoms with Crippen LogP contribution in [-0.4, -0.2) is 59.4 Å². The van der Waals surface area contributed by atoms with E-state index in [1.165, 1.54) is 0 Å². The van der Waals surface area contributed by atoms with Crippen molar-refractivity contribution < 1.29 is 58.9 Å². The average Bonchev–Trinajstić information content (AvgIpc) is 2.50. The molecule has 0 radical (unpaired) electrons. The Balaban J connectivity index is 0. The molecule has 140 valence electrons. The summed E-state index contributed by atoms with van der Waals surface area (Å²) in [6.07, 6.45) is 8.18. The Morgan fingerprint density at radius 2 is 1.64 bits per heavy atom. The van der Waals surface area contributed by atoms with Crippen molar-refractivity contribution in [1.29, 1.82) is 0 Å². The normalized spacial score (nSPS) is 16.0. The van der Waals surface area contributed by atoms with Crippen LogP contribution in [-0.2, 0) is 9.59 Å². The number of nitrogens with zero attached hydrogens (tertiary/aromatic N) is 1. The predicted molar refractivity (Wildman–Crippen MR) is 91.1 cm³/mol. The molecule has 0 heterocycles. The van der Waals surface area contributed by atoms with Gasteiger partial charge in [-0.2, -0.15) is 0 Å². The maximum atomic E-state index is 11.2. The number of hydrogen-bond donors (Lipinski definition) is 2. The summed E-state index contributed by atoms with van der Waals surface area (Å²) in [4.78, 5) is 22.4. The Hall–Kier alpha value is -0.400. The summed E-state index contributed by atoms with van der Waals surface area (Å²) < 4.78 is 0.275. The minimum atomic E-state index is -1.14. The molecular weight excluding hydrogens is 333 g/mol. The van der Waals surface area contributed by atoms with Crippen LogP contribution in [0.1, 0.15) is 46.5 Å². The molecule has 0 aromatic heterocycles. The van der Waals surface area contributed by atoms with E-state index in [9.17, 15) is 24.9 Å². The summed E-state index contributed by atoms with van der Waals surface area (Å²) in [5.74, 6) is -3.34. The zero-order chi connectivity index (χ0) is 18.6. The molecule has 0 aliphatic rings. The molecule has 0 fully saturated rings. The second-order valence-corrected chi connectivity index (χ2v) is 6.74. The van der Waals surface area contributed by atoms with Gasteiger partial charge in [-0.25, -0.2) is 0 Å². The molecule has 0 amide bonds. The van der Waals surface area contributed by atoms with Crippen LogP contribution in [0.25, 0.3) is 0 Å². The molecule has 25 heavy (non-hydrogen) atoms. The minimum absolute atomic E-state index is 0. The van der Waals surface area contributed by atoms with E-state index in [1.807, 2.05) is 0 Å². The van der Waals surface area contributed by atoms with Gasteiger partial charge in [0.15, 0.2) is 0 Å². The van der Waals surface area contributed by atoms with Crippen LogP contribution in [0, 0.1) is 11.8 Å². The Kier molecular flexibility index (Phi) is 15.8. The van der Waals surface area contributed by atoms with Crippen molar-refractivity contribution in [3.8, 4) is 0 Å². The Morgan fingerprint density at radius 3 is 2.12 bits per heavy atom. The summed E-state index contributed by atoms with van der Waals surface area (Å²) in [5.41, 5.74) is 0. The molecule has 0 bridgehead atoms. The zero-order valence-electron chi connectivity index (χ0n) is 16.2. The molecule has 0 aromatic rings. The number of carboxylic acid groups (broad SMARTS) is 2. The molecule has 0 aliphatic heterocycles. The van der Waals surface area contributed by atoms with Gasteiger partial charge in [-0.15, -0.1) is 0 Å². The van der Waals surface area contributed by atoms with E-state index in [1.54, 1.807) is 13.8 Å². The van der Waals surface area contributed by atoms with Gasteiger partial charge in [-0.1, -0.05) is 38.8 Å². The topological polar surface area (TPSA) is 97.7 Å². The number of unbranched alkanes of at least 4 members (excludes halogenated alkanes) is 2. The van der Waals surface area contributed by atoms with E-state index in [0.29, 0.717) is 19.6 Å². The molecule has 0 saturated carbocycles. The first kappa shape index (κ1) is 26.8. The molecule has 3 atom stereocenters. The summed E-state index contributed by atoms with van der Waals surface area (Å²) >= 11 is 0. The molecular formula is C18H33NNaO5+. The fourth-order valence-corrected chi connectivity index (χ4v) is 2.98. The Labute approximate surface area is 173 Å². The number of hydrogen-bond acceptors (Lipinski definition) is 4.